The first-order valence-corrected chi connectivity index (χ1v) is 7.70. The van der Waals surface area contributed by atoms with Crippen LogP contribution in [0.15, 0.2) is 24.5 Å². The fourth-order valence-corrected chi connectivity index (χ4v) is 2.30. The summed E-state index contributed by atoms with van der Waals surface area (Å²) in [5.41, 5.74) is 2.31. The molecule has 3 heterocycles. The number of pyridine rings is 1. The monoisotopic (exact) mass is 291 g/mol. The molecule has 2 aromatic rings. The first-order chi connectivity index (χ1) is 10.3. The minimum absolute atomic E-state index is 0.700. The number of ether oxygens (including phenoxy) is 2. The normalized spacial score (nSPS) is 15.6. The molecule has 0 unspecified atom stereocenters. The maximum Gasteiger partial charge on any atom is 0.137 e. The molecule has 1 aliphatic heterocycles. The van der Waals surface area contributed by atoms with Gasteiger partial charge >= 0.3 is 0 Å². The van der Waals surface area contributed by atoms with Gasteiger partial charge in [-0.1, -0.05) is 13.8 Å². The second-order valence-corrected chi connectivity index (χ2v) is 4.82. The van der Waals surface area contributed by atoms with E-state index in [2.05, 4.69) is 16.9 Å². The average molecular weight is 291 g/mol. The van der Waals surface area contributed by atoms with Gasteiger partial charge < -0.3 is 9.47 Å². The summed E-state index contributed by atoms with van der Waals surface area (Å²) in [6, 6.07) is 4.05. The molecular formula is C16H25N3O2. The molecule has 0 spiro atoms. The number of nitrogens with zero attached hydrogens (tertiary/aromatic N) is 3. The summed E-state index contributed by atoms with van der Waals surface area (Å²) >= 11 is 0. The fraction of sp³-hybridized carbons (Fsp3) is 0.562. The van der Waals surface area contributed by atoms with Crippen molar-refractivity contribution in [1.82, 2.24) is 14.5 Å². The molecular weight excluding hydrogens is 266 g/mol. The average Bonchev–Trinajstić information content (AvgIpc) is 2.91. The number of aryl methyl sites for hydroxylation is 1. The molecule has 0 amide bonds. The van der Waals surface area contributed by atoms with Crippen molar-refractivity contribution in [3.63, 3.8) is 0 Å². The molecule has 0 bridgehead atoms. The highest BCUT2D eigenvalue weighted by molar-refractivity contribution is 5.54. The Balaban J connectivity index is 0.000000774. The first-order valence-electron chi connectivity index (χ1n) is 7.70. The Bertz CT molecular complexity index is 547. The van der Waals surface area contributed by atoms with E-state index in [0.29, 0.717) is 6.61 Å². The molecule has 5 heteroatoms. The van der Waals surface area contributed by atoms with Crippen LogP contribution in [0, 0.1) is 6.92 Å². The SMILES string of the molecule is CC.Cc1cnn2cc(OCCN3CCOCC3)ccc12. The smallest absolute Gasteiger partial charge is 0.137 e. The summed E-state index contributed by atoms with van der Waals surface area (Å²) in [7, 11) is 0. The van der Waals surface area contributed by atoms with E-state index in [0.717, 1.165) is 44.1 Å². The van der Waals surface area contributed by atoms with E-state index >= 15 is 0 Å². The van der Waals surface area contributed by atoms with Gasteiger partial charge in [-0.05, 0) is 24.6 Å². The maximum atomic E-state index is 5.78. The molecule has 2 aromatic heterocycles. The van der Waals surface area contributed by atoms with Crippen molar-refractivity contribution < 1.29 is 9.47 Å². The van der Waals surface area contributed by atoms with E-state index in [9.17, 15) is 0 Å². The zero-order valence-corrected chi connectivity index (χ0v) is 13.2. The Morgan fingerprint density at radius 3 is 2.76 bits per heavy atom. The lowest BCUT2D eigenvalue weighted by molar-refractivity contribution is 0.0322. The molecule has 5 nitrogen and oxygen atoms in total. The highest BCUT2D eigenvalue weighted by Gasteiger charge is 2.09. The van der Waals surface area contributed by atoms with Gasteiger partial charge in [0.25, 0.3) is 0 Å². The maximum absolute atomic E-state index is 5.78. The zero-order chi connectivity index (χ0) is 15.1. The van der Waals surface area contributed by atoms with Crippen molar-refractivity contribution in [2.75, 3.05) is 39.5 Å². The van der Waals surface area contributed by atoms with E-state index < -0.39 is 0 Å². The third-order valence-corrected chi connectivity index (χ3v) is 3.46. The number of hydrogen-bond donors (Lipinski definition) is 0. The van der Waals surface area contributed by atoms with Gasteiger partial charge in [0.1, 0.15) is 12.4 Å². The molecule has 0 aromatic carbocycles. The van der Waals surface area contributed by atoms with E-state index in [-0.39, 0.29) is 0 Å². The summed E-state index contributed by atoms with van der Waals surface area (Å²) in [4.78, 5) is 2.36. The lowest BCUT2D eigenvalue weighted by atomic mass is 10.3. The van der Waals surface area contributed by atoms with Gasteiger partial charge in [0.05, 0.1) is 31.1 Å². The van der Waals surface area contributed by atoms with E-state index in [1.807, 2.05) is 42.9 Å². The lowest BCUT2D eigenvalue weighted by Crippen LogP contribution is -2.38. The fourth-order valence-electron chi connectivity index (χ4n) is 2.30. The van der Waals surface area contributed by atoms with Crippen LogP contribution in [0.1, 0.15) is 19.4 Å². The second-order valence-electron chi connectivity index (χ2n) is 4.82. The lowest BCUT2D eigenvalue weighted by Gasteiger charge is -2.26. The summed E-state index contributed by atoms with van der Waals surface area (Å²) < 4.78 is 13.0. The summed E-state index contributed by atoms with van der Waals surface area (Å²) in [5.74, 6) is 0.865. The quantitative estimate of drug-likeness (QED) is 0.867. The summed E-state index contributed by atoms with van der Waals surface area (Å²) in [6.07, 6.45) is 3.80. The molecule has 1 fully saturated rings. The summed E-state index contributed by atoms with van der Waals surface area (Å²) in [6.45, 7) is 11.4. The molecule has 1 aliphatic rings. The van der Waals surface area contributed by atoms with Crippen LogP contribution in [-0.2, 0) is 4.74 Å². The molecule has 0 aliphatic carbocycles. The molecule has 0 atom stereocenters. The molecule has 21 heavy (non-hydrogen) atoms. The van der Waals surface area contributed by atoms with Crippen LogP contribution in [0.2, 0.25) is 0 Å². The number of aromatic nitrogens is 2. The van der Waals surface area contributed by atoms with Crippen molar-refractivity contribution in [3.05, 3.63) is 30.1 Å². The van der Waals surface area contributed by atoms with Crippen LogP contribution in [0.4, 0.5) is 0 Å². The second kappa shape index (κ2) is 8.00. The minimum Gasteiger partial charge on any atom is -0.491 e. The van der Waals surface area contributed by atoms with Crippen LogP contribution in [0.5, 0.6) is 5.75 Å². The van der Waals surface area contributed by atoms with Gasteiger partial charge in [0.2, 0.25) is 0 Å². The van der Waals surface area contributed by atoms with E-state index in [1.165, 1.54) is 5.56 Å². The molecule has 3 rings (SSSR count). The van der Waals surface area contributed by atoms with Gasteiger partial charge in [0, 0.05) is 19.6 Å². The van der Waals surface area contributed by atoms with Gasteiger partial charge in [-0.2, -0.15) is 5.10 Å². The van der Waals surface area contributed by atoms with Gasteiger partial charge in [-0.3, -0.25) is 4.90 Å². The Kier molecular flexibility index (Phi) is 6.02. The number of hydrogen-bond acceptors (Lipinski definition) is 4. The predicted octanol–water partition coefficient (Wildman–Crippen LogP) is 2.38. The topological polar surface area (TPSA) is 39.0 Å². The largest absolute Gasteiger partial charge is 0.491 e. The van der Waals surface area contributed by atoms with Gasteiger partial charge in [0.15, 0.2) is 0 Å². The number of morpholine rings is 1. The highest BCUT2D eigenvalue weighted by atomic mass is 16.5. The molecule has 0 N–H and O–H groups in total. The minimum atomic E-state index is 0.700. The van der Waals surface area contributed by atoms with Crippen LogP contribution < -0.4 is 4.74 Å². The highest BCUT2D eigenvalue weighted by Crippen LogP contribution is 2.15. The first kappa shape index (κ1) is 15.8. The number of fused-ring (bicyclic) bond motifs is 1. The standard InChI is InChI=1S/C14H19N3O2.C2H6/c1-12-10-15-17-11-13(2-3-14(12)17)19-9-6-16-4-7-18-8-5-16;1-2/h2-3,10-11H,4-9H2,1H3;1-2H3. The molecule has 116 valence electrons. The number of rotatable bonds is 4. The molecule has 1 saturated heterocycles. The Morgan fingerprint density at radius 1 is 1.24 bits per heavy atom. The predicted molar refractivity (Wildman–Crippen MR) is 84.0 cm³/mol. The van der Waals surface area contributed by atoms with Crippen molar-refractivity contribution >= 4 is 5.52 Å². The zero-order valence-electron chi connectivity index (χ0n) is 13.2. The van der Waals surface area contributed by atoms with Crippen molar-refractivity contribution in [2.24, 2.45) is 0 Å². The summed E-state index contributed by atoms with van der Waals surface area (Å²) in [5, 5.41) is 4.29. The van der Waals surface area contributed by atoms with Crippen molar-refractivity contribution in [1.29, 1.82) is 0 Å². The van der Waals surface area contributed by atoms with Gasteiger partial charge in [-0.15, -0.1) is 0 Å². The molecule has 0 radical (unpaired) electrons. The van der Waals surface area contributed by atoms with Gasteiger partial charge in [-0.25, -0.2) is 4.52 Å². The van der Waals surface area contributed by atoms with E-state index in [1.54, 1.807) is 0 Å². The van der Waals surface area contributed by atoms with Crippen molar-refractivity contribution in [2.45, 2.75) is 20.8 Å². The van der Waals surface area contributed by atoms with Crippen molar-refractivity contribution in [3.8, 4) is 5.75 Å². The Hall–Kier alpha value is -1.59. The van der Waals surface area contributed by atoms with Crippen LogP contribution >= 0.6 is 0 Å². The third-order valence-electron chi connectivity index (χ3n) is 3.46. The van der Waals surface area contributed by atoms with Crippen LogP contribution in [0.25, 0.3) is 5.52 Å². The van der Waals surface area contributed by atoms with Crippen LogP contribution in [-0.4, -0.2) is 54.0 Å². The van der Waals surface area contributed by atoms with Crippen LogP contribution in [0.3, 0.4) is 0 Å². The Labute approximate surface area is 126 Å². The Morgan fingerprint density at radius 2 is 2.00 bits per heavy atom. The van der Waals surface area contributed by atoms with E-state index in [4.69, 9.17) is 9.47 Å². The third kappa shape index (κ3) is 4.19. The molecule has 0 saturated carbocycles.